The third kappa shape index (κ3) is 6.78. The molecule has 7 heteroatoms. The lowest BCUT2D eigenvalue weighted by atomic mass is 9.90. The molecule has 1 aromatic carbocycles. The monoisotopic (exact) mass is 444 g/mol. The first-order valence-corrected chi connectivity index (χ1v) is 12.1. The van der Waals surface area contributed by atoms with Gasteiger partial charge in [0, 0.05) is 19.1 Å². The van der Waals surface area contributed by atoms with Crippen LogP contribution in [-0.2, 0) is 14.8 Å². The fraction of sp³-hybridized carbons (Fsp3) is 0.542. The van der Waals surface area contributed by atoms with Crippen LogP contribution in [0, 0.1) is 32.1 Å². The summed E-state index contributed by atoms with van der Waals surface area (Å²) in [6, 6.07) is 8.02. The molecule has 5 radical (unpaired) electrons. The van der Waals surface area contributed by atoms with Crippen LogP contribution in [0.15, 0.2) is 29.2 Å². The first kappa shape index (κ1) is 27.1. The number of carbonyl (C=O) groups is 1. The quantitative estimate of drug-likeness (QED) is 0.737. The number of hydrogen-bond donors (Lipinski definition) is 1. The maximum Gasteiger partial charge on any atom is 0.244 e. The summed E-state index contributed by atoms with van der Waals surface area (Å²) < 4.78 is 28.0. The van der Waals surface area contributed by atoms with E-state index in [-0.39, 0.29) is 37.3 Å². The summed E-state index contributed by atoms with van der Waals surface area (Å²) in [5.74, 6) is 0.928. The lowest BCUT2D eigenvalue weighted by Crippen LogP contribution is -2.50. The van der Waals surface area contributed by atoms with E-state index in [1.54, 1.807) is 12.1 Å². The molecule has 0 spiro atoms. The molecule has 2 fully saturated rings. The minimum atomic E-state index is -3.78. The standard InChI is InChI=1S/C22H30N3O3S.2CH2/c23-16-19-12-6-7-14-21(19)29(27,28)25-15-9-8-13-20(25)17-24-22(26)18-10-4-2-1-3-5-11-18;;/h6-7,12,14,20H,1-5,8-11,13,15,17H2,(H,24,26);2*1H2. The Morgan fingerprint density at radius 3 is 2.35 bits per heavy atom. The molecule has 3 rings (SSSR count). The van der Waals surface area contributed by atoms with Gasteiger partial charge in [-0.25, -0.2) is 8.42 Å². The minimum Gasteiger partial charge on any atom is -0.354 e. The Hall–Kier alpha value is -1.91. The Labute approximate surface area is 189 Å². The Balaban J connectivity index is 0.00000240. The van der Waals surface area contributed by atoms with Crippen LogP contribution in [0.4, 0.5) is 0 Å². The predicted molar refractivity (Wildman–Crippen MR) is 122 cm³/mol. The summed E-state index contributed by atoms with van der Waals surface area (Å²) in [4.78, 5) is 12.7. The van der Waals surface area contributed by atoms with Crippen LogP contribution >= 0.6 is 0 Å². The number of hydrogen-bond acceptors (Lipinski definition) is 4. The Kier molecular flexibility index (Phi) is 11.2. The van der Waals surface area contributed by atoms with Gasteiger partial charge in [0.1, 0.15) is 6.07 Å². The van der Waals surface area contributed by atoms with E-state index in [2.05, 4.69) is 5.32 Å². The number of benzene rings is 1. The summed E-state index contributed by atoms with van der Waals surface area (Å²) in [6.45, 7) is 0.732. The minimum absolute atomic E-state index is 0. The largest absolute Gasteiger partial charge is 0.354 e. The molecule has 1 atom stereocenters. The van der Waals surface area contributed by atoms with Crippen LogP contribution in [0.2, 0.25) is 0 Å². The fourth-order valence-corrected chi connectivity index (χ4v) is 6.14. The molecule has 6 nitrogen and oxygen atoms in total. The highest BCUT2D eigenvalue weighted by Gasteiger charge is 2.35. The van der Waals surface area contributed by atoms with Gasteiger partial charge in [-0.2, -0.15) is 9.57 Å². The van der Waals surface area contributed by atoms with Gasteiger partial charge in [-0.1, -0.05) is 65.5 Å². The van der Waals surface area contributed by atoms with Crippen molar-refractivity contribution in [3.8, 4) is 6.07 Å². The molecule has 1 aliphatic heterocycles. The van der Waals surface area contributed by atoms with E-state index in [1.165, 1.54) is 35.7 Å². The van der Waals surface area contributed by atoms with Gasteiger partial charge in [0.25, 0.3) is 0 Å². The van der Waals surface area contributed by atoms with E-state index < -0.39 is 10.0 Å². The second-order valence-electron chi connectivity index (χ2n) is 7.95. The molecule has 1 N–H and O–H groups in total. The SMILES string of the molecule is N#Cc1ccccc1S(=O)(=O)N1CCCCC1CNC(=O)[C]1CCCCCCC1.[CH2].[CH2]. The lowest BCUT2D eigenvalue weighted by Gasteiger charge is -2.35. The molecule has 1 aliphatic carbocycles. The summed E-state index contributed by atoms with van der Waals surface area (Å²) in [6.07, 6.45) is 9.81. The van der Waals surface area contributed by atoms with Gasteiger partial charge in [-0.15, -0.1) is 0 Å². The van der Waals surface area contributed by atoms with Crippen molar-refractivity contribution in [2.45, 2.75) is 75.1 Å². The van der Waals surface area contributed by atoms with Crippen LogP contribution in [-0.4, -0.2) is 37.8 Å². The van der Waals surface area contributed by atoms with Crippen LogP contribution in [0.25, 0.3) is 0 Å². The molecule has 1 saturated heterocycles. The average Bonchev–Trinajstić information content (AvgIpc) is 2.72. The zero-order valence-corrected chi connectivity index (χ0v) is 19.1. The summed E-state index contributed by atoms with van der Waals surface area (Å²) in [5, 5.41) is 12.3. The van der Waals surface area contributed by atoms with Crippen molar-refractivity contribution >= 4 is 15.9 Å². The molecule has 169 valence electrons. The lowest BCUT2D eigenvalue weighted by molar-refractivity contribution is -0.120. The van der Waals surface area contributed by atoms with Crippen LogP contribution in [0.3, 0.4) is 0 Å². The highest BCUT2D eigenvalue weighted by molar-refractivity contribution is 7.89. The summed E-state index contributed by atoms with van der Waals surface area (Å²) in [7, 11) is -3.78. The number of amides is 1. The van der Waals surface area contributed by atoms with Gasteiger partial charge in [0.2, 0.25) is 15.9 Å². The van der Waals surface area contributed by atoms with Gasteiger partial charge >= 0.3 is 0 Å². The Morgan fingerprint density at radius 2 is 1.68 bits per heavy atom. The van der Waals surface area contributed by atoms with Crippen molar-refractivity contribution in [1.29, 1.82) is 5.26 Å². The number of piperidine rings is 1. The molecule has 1 amide bonds. The Morgan fingerprint density at radius 1 is 1.03 bits per heavy atom. The summed E-state index contributed by atoms with van der Waals surface area (Å²) >= 11 is 0. The summed E-state index contributed by atoms with van der Waals surface area (Å²) in [5.41, 5.74) is 0.158. The molecule has 1 heterocycles. The van der Waals surface area contributed by atoms with E-state index in [1.807, 2.05) is 6.07 Å². The Bertz CT molecular complexity index is 840. The molecule has 1 unspecified atom stereocenters. The van der Waals surface area contributed by atoms with Gasteiger partial charge in [-0.3, -0.25) is 4.79 Å². The number of nitriles is 1. The van der Waals surface area contributed by atoms with Crippen molar-refractivity contribution in [3.63, 3.8) is 0 Å². The average molecular weight is 445 g/mol. The molecule has 0 bridgehead atoms. The van der Waals surface area contributed by atoms with Crippen LogP contribution in [0.5, 0.6) is 0 Å². The van der Waals surface area contributed by atoms with Crippen molar-refractivity contribution in [2.24, 2.45) is 0 Å². The topological polar surface area (TPSA) is 90.3 Å². The molecule has 31 heavy (non-hydrogen) atoms. The highest BCUT2D eigenvalue weighted by Crippen LogP contribution is 2.28. The predicted octanol–water partition coefficient (Wildman–Crippen LogP) is 4.19. The molecule has 0 aromatic heterocycles. The molecular formula is C24H34N3O3S. The van der Waals surface area contributed by atoms with Crippen LogP contribution < -0.4 is 5.32 Å². The van der Waals surface area contributed by atoms with E-state index in [0.29, 0.717) is 19.5 Å². The van der Waals surface area contributed by atoms with E-state index in [0.717, 1.165) is 44.4 Å². The highest BCUT2D eigenvalue weighted by atomic mass is 32.2. The van der Waals surface area contributed by atoms with Crippen LogP contribution in [0.1, 0.15) is 69.8 Å². The molecule has 2 aliphatic rings. The number of carbonyl (C=O) groups excluding carboxylic acids is 1. The number of nitrogens with zero attached hydrogens (tertiary/aromatic N) is 2. The molecular weight excluding hydrogens is 410 g/mol. The third-order valence-corrected chi connectivity index (χ3v) is 7.95. The van der Waals surface area contributed by atoms with E-state index >= 15 is 0 Å². The fourth-order valence-electron chi connectivity index (χ4n) is 4.30. The third-order valence-electron chi connectivity index (χ3n) is 5.94. The van der Waals surface area contributed by atoms with Crippen molar-refractivity contribution in [3.05, 3.63) is 50.6 Å². The maximum atomic E-state index is 13.3. The number of nitrogens with one attached hydrogen (secondary N) is 1. The normalized spacial score (nSPS) is 20.8. The smallest absolute Gasteiger partial charge is 0.244 e. The number of rotatable bonds is 5. The zero-order valence-electron chi connectivity index (χ0n) is 18.3. The molecule has 1 aromatic rings. The first-order chi connectivity index (χ1) is 14.0. The zero-order chi connectivity index (χ0) is 20.7. The maximum absolute atomic E-state index is 13.3. The van der Waals surface area contributed by atoms with Crippen molar-refractivity contribution < 1.29 is 13.2 Å². The first-order valence-electron chi connectivity index (χ1n) is 10.7. The second kappa shape index (κ2) is 12.8. The van der Waals surface area contributed by atoms with E-state index in [9.17, 15) is 18.5 Å². The number of sulfonamides is 1. The molecule has 1 saturated carbocycles. The van der Waals surface area contributed by atoms with Crippen molar-refractivity contribution in [1.82, 2.24) is 9.62 Å². The second-order valence-corrected chi connectivity index (χ2v) is 9.81. The van der Waals surface area contributed by atoms with Crippen molar-refractivity contribution in [2.75, 3.05) is 13.1 Å². The van der Waals surface area contributed by atoms with Gasteiger partial charge < -0.3 is 5.32 Å². The van der Waals surface area contributed by atoms with E-state index in [4.69, 9.17) is 0 Å². The van der Waals surface area contributed by atoms with Gasteiger partial charge in [0.15, 0.2) is 0 Å². The van der Waals surface area contributed by atoms with Gasteiger partial charge in [0.05, 0.1) is 16.4 Å². The van der Waals surface area contributed by atoms with Gasteiger partial charge in [-0.05, 0) is 37.8 Å².